The van der Waals surface area contributed by atoms with Crippen molar-refractivity contribution in [3.8, 4) is 11.3 Å². The second kappa shape index (κ2) is 7.40. The van der Waals surface area contributed by atoms with Gasteiger partial charge in [0.2, 0.25) is 5.91 Å². The minimum atomic E-state index is -0.718. The van der Waals surface area contributed by atoms with Crippen molar-refractivity contribution in [2.75, 3.05) is 6.61 Å². The molecule has 6 nitrogen and oxygen atoms in total. The number of hydrogen-bond acceptors (Lipinski definition) is 3. The maximum Gasteiger partial charge on any atom is 0.268 e. The standard InChI is InChI=1S/C20H17F2N3O3/c21-12-3-1-11(2-4-12)19-14(15-9-13(22)5-7-16(15)24-19)6-8-18(26)23-17-10-28-25-20(17)27/h1-5,7,9,17,24H,6,8,10H2,(H,23,26)(H,25,27). The molecule has 1 fully saturated rings. The number of halogens is 2. The summed E-state index contributed by atoms with van der Waals surface area (Å²) < 4.78 is 27.1. The second-order valence-electron chi connectivity index (χ2n) is 6.57. The number of aryl methyl sites for hydroxylation is 1. The lowest BCUT2D eigenvalue weighted by atomic mass is 10.0. The molecule has 1 unspecified atom stereocenters. The predicted octanol–water partition coefficient (Wildman–Crippen LogP) is 2.59. The van der Waals surface area contributed by atoms with E-state index in [1.165, 1.54) is 24.3 Å². The molecule has 1 aliphatic heterocycles. The summed E-state index contributed by atoms with van der Waals surface area (Å²) in [5, 5.41) is 3.27. The van der Waals surface area contributed by atoms with Gasteiger partial charge in [-0.3, -0.25) is 14.4 Å². The van der Waals surface area contributed by atoms with Gasteiger partial charge >= 0.3 is 0 Å². The number of aromatic amines is 1. The highest BCUT2D eigenvalue weighted by Crippen LogP contribution is 2.32. The van der Waals surface area contributed by atoms with Crippen LogP contribution in [0.4, 0.5) is 8.78 Å². The fourth-order valence-electron chi connectivity index (χ4n) is 3.30. The molecule has 3 N–H and O–H groups in total. The minimum Gasteiger partial charge on any atom is -0.354 e. The minimum absolute atomic E-state index is 0.0731. The second-order valence-corrected chi connectivity index (χ2v) is 6.57. The molecule has 28 heavy (non-hydrogen) atoms. The summed E-state index contributed by atoms with van der Waals surface area (Å²) in [6, 6.07) is 9.60. The van der Waals surface area contributed by atoms with E-state index in [0.717, 1.165) is 16.6 Å². The van der Waals surface area contributed by atoms with Crippen molar-refractivity contribution < 1.29 is 23.2 Å². The Morgan fingerprint density at radius 1 is 1.14 bits per heavy atom. The third-order valence-corrected chi connectivity index (χ3v) is 4.68. The molecule has 8 heteroatoms. The number of nitrogens with one attached hydrogen (secondary N) is 3. The van der Waals surface area contributed by atoms with Crippen LogP contribution in [0.25, 0.3) is 22.2 Å². The Bertz CT molecular complexity index is 1050. The van der Waals surface area contributed by atoms with E-state index in [4.69, 9.17) is 4.84 Å². The lowest BCUT2D eigenvalue weighted by molar-refractivity contribution is -0.128. The summed E-state index contributed by atoms with van der Waals surface area (Å²) in [6.07, 6.45) is 0.415. The zero-order valence-corrected chi connectivity index (χ0v) is 14.7. The molecule has 0 saturated carbocycles. The number of rotatable bonds is 5. The molecule has 1 atom stereocenters. The van der Waals surface area contributed by atoms with Crippen molar-refractivity contribution in [2.24, 2.45) is 0 Å². The van der Waals surface area contributed by atoms with Crippen LogP contribution in [0.5, 0.6) is 0 Å². The summed E-state index contributed by atoms with van der Waals surface area (Å²) in [5.74, 6) is -1.46. The number of H-pyrrole nitrogens is 1. The van der Waals surface area contributed by atoms with E-state index < -0.39 is 11.9 Å². The number of carbonyl (C=O) groups excluding carboxylic acids is 2. The highest BCUT2D eigenvalue weighted by molar-refractivity contribution is 5.92. The number of aromatic nitrogens is 1. The van der Waals surface area contributed by atoms with Gasteiger partial charge in [-0.1, -0.05) is 0 Å². The van der Waals surface area contributed by atoms with Gasteiger partial charge in [0.1, 0.15) is 24.3 Å². The number of carbonyl (C=O) groups is 2. The van der Waals surface area contributed by atoms with Gasteiger partial charge in [0.05, 0.1) is 0 Å². The number of amides is 2. The predicted molar refractivity (Wildman–Crippen MR) is 98.0 cm³/mol. The van der Waals surface area contributed by atoms with E-state index >= 15 is 0 Å². The molecule has 2 amide bonds. The van der Waals surface area contributed by atoms with Crippen LogP contribution in [0, 0.1) is 11.6 Å². The molecule has 0 radical (unpaired) electrons. The van der Waals surface area contributed by atoms with Crippen LogP contribution in [0.1, 0.15) is 12.0 Å². The Balaban J connectivity index is 1.61. The maximum atomic E-state index is 13.8. The Morgan fingerprint density at radius 2 is 1.89 bits per heavy atom. The third-order valence-electron chi connectivity index (χ3n) is 4.68. The van der Waals surface area contributed by atoms with E-state index in [0.29, 0.717) is 17.5 Å². The van der Waals surface area contributed by atoms with Crippen molar-refractivity contribution in [1.29, 1.82) is 0 Å². The summed E-state index contributed by atoms with van der Waals surface area (Å²) in [6.45, 7) is 0.0731. The summed E-state index contributed by atoms with van der Waals surface area (Å²) in [5.41, 5.74) is 5.09. The summed E-state index contributed by atoms with van der Waals surface area (Å²) in [7, 11) is 0. The van der Waals surface area contributed by atoms with Crippen molar-refractivity contribution in [3.63, 3.8) is 0 Å². The molecule has 0 spiro atoms. The van der Waals surface area contributed by atoms with E-state index in [1.54, 1.807) is 18.2 Å². The molecule has 144 valence electrons. The first-order chi connectivity index (χ1) is 13.5. The topological polar surface area (TPSA) is 83.2 Å². The van der Waals surface area contributed by atoms with Gasteiger partial charge in [-0.05, 0) is 60.0 Å². The van der Waals surface area contributed by atoms with Crippen LogP contribution in [-0.2, 0) is 20.8 Å². The van der Waals surface area contributed by atoms with Gasteiger partial charge in [0.25, 0.3) is 5.91 Å². The first-order valence-electron chi connectivity index (χ1n) is 8.78. The monoisotopic (exact) mass is 385 g/mol. The molecule has 4 rings (SSSR count). The number of hydrogen-bond donors (Lipinski definition) is 3. The van der Waals surface area contributed by atoms with Crippen LogP contribution >= 0.6 is 0 Å². The molecule has 1 aliphatic rings. The molecular weight excluding hydrogens is 368 g/mol. The molecule has 2 heterocycles. The van der Waals surface area contributed by atoms with Crippen LogP contribution in [-0.4, -0.2) is 29.4 Å². The average Bonchev–Trinajstić information content (AvgIpc) is 3.24. The zero-order chi connectivity index (χ0) is 19.7. The molecule has 0 aliphatic carbocycles. The first-order valence-corrected chi connectivity index (χ1v) is 8.78. The summed E-state index contributed by atoms with van der Waals surface area (Å²) in [4.78, 5) is 31.8. The Hall–Kier alpha value is -3.26. The van der Waals surface area contributed by atoms with Gasteiger partial charge in [-0.2, -0.15) is 0 Å². The molecule has 3 aromatic rings. The Kier molecular flexibility index (Phi) is 4.79. The van der Waals surface area contributed by atoms with Crippen molar-refractivity contribution in [2.45, 2.75) is 18.9 Å². The summed E-state index contributed by atoms with van der Waals surface area (Å²) >= 11 is 0. The molecule has 1 aromatic heterocycles. The lowest BCUT2D eigenvalue weighted by Gasteiger charge is -2.09. The van der Waals surface area contributed by atoms with Crippen LogP contribution < -0.4 is 10.8 Å². The number of benzene rings is 2. The Labute approximate surface area is 158 Å². The first kappa shape index (κ1) is 18.1. The van der Waals surface area contributed by atoms with E-state index in [2.05, 4.69) is 15.8 Å². The normalized spacial score (nSPS) is 16.4. The highest BCUT2D eigenvalue weighted by atomic mass is 19.1. The fraction of sp³-hybridized carbons (Fsp3) is 0.200. The van der Waals surface area contributed by atoms with Crippen LogP contribution in [0.3, 0.4) is 0 Å². The van der Waals surface area contributed by atoms with Gasteiger partial charge in [-0.25, -0.2) is 14.3 Å². The maximum absolute atomic E-state index is 13.8. The van der Waals surface area contributed by atoms with Crippen molar-refractivity contribution >= 4 is 22.7 Å². The smallest absolute Gasteiger partial charge is 0.268 e. The fourth-order valence-corrected chi connectivity index (χ4v) is 3.30. The van der Waals surface area contributed by atoms with E-state index in [-0.39, 0.29) is 30.6 Å². The van der Waals surface area contributed by atoms with E-state index in [1.807, 2.05) is 0 Å². The van der Waals surface area contributed by atoms with Crippen LogP contribution in [0.2, 0.25) is 0 Å². The molecular formula is C20H17F2N3O3. The number of hydroxylamine groups is 1. The molecule has 2 aromatic carbocycles. The van der Waals surface area contributed by atoms with E-state index in [9.17, 15) is 18.4 Å². The van der Waals surface area contributed by atoms with Crippen LogP contribution in [0.15, 0.2) is 42.5 Å². The third kappa shape index (κ3) is 3.59. The SMILES string of the molecule is O=C(CCc1c(-c2ccc(F)cc2)[nH]c2ccc(F)cc12)NC1CONC1=O. The van der Waals surface area contributed by atoms with Gasteiger partial charge < -0.3 is 10.3 Å². The highest BCUT2D eigenvalue weighted by Gasteiger charge is 2.27. The largest absolute Gasteiger partial charge is 0.354 e. The van der Waals surface area contributed by atoms with Gasteiger partial charge in [-0.15, -0.1) is 0 Å². The quantitative estimate of drug-likeness (QED) is 0.631. The van der Waals surface area contributed by atoms with Gasteiger partial charge in [0.15, 0.2) is 0 Å². The average molecular weight is 385 g/mol. The zero-order valence-electron chi connectivity index (χ0n) is 14.7. The van der Waals surface area contributed by atoms with Gasteiger partial charge in [0, 0.05) is 23.0 Å². The number of fused-ring (bicyclic) bond motifs is 1. The Morgan fingerprint density at radius 3 is 2.61 bits per heavy atom. The molecule has 0 bridgehead atoms. The molecule has 1 saturated heterocycles. The van der Waals surface area contributed by atoms with Crippen molar-refractivity contribution in [1.82, 2.24) is 15.8 Å². The lowest BCUT2D eigenvalue weighted by Crippen LogP contribution is -2.41. The van der Waals surface area contributed by atoms with Crippen molar-refractivity contribution in [3.05, 3.63) is 59.7 Å².